The number of ether oxygens (including phenoxy) is 1. The number of aromatic nitrogens is 4. The number of fused-ring (bicyclic) bond motifs is 1. The van der Waals surface area contributed by atoms with E-state index >= 15 is 0 Å². The van der Waals surface area contributed by atoms with E-state index in [4.69, 9.17) is 4.74 Å². The van der Waals surface area contributed by atoms with Crippen molar-refractivity contribution in [1.29, 1.82) is 0 Å². The van der Waals surface area contributed by atoms with Crippen LogP contribution in [-0.4, -0.2) is 26.1 Å². The van der Waals surface area contributed by atoms with Crippen LogP contribution in [0, 0.1) is 0 Å². The lowest BCUT2D eigenvalue weighted by Crippen LogP contribution is -2.13. The van der Waals surface area contributed by atoms with Gasteiger partial charge in [0.2, 0.25) is 0 Å². The van der Waals surface area contributed by atoms with Gasteiger partial charge in [0.25, 0.3) is 5.91 Å². The molecule has 0 saturated carbocycles. The van der Waals surface area contributed by atoms with Crippen LogP contribution >= 0.6 is 0 Å². The highest BCUT2D eigenvalue weighted by Gasteiger charge is 2.16. The molecule has 38 heavy (non-hydrogen) atoms. The van der Waals surface area contributed by atoms with E-state index in [1.165, 1.54) is 5.56 Å². The second-order valence-corrected chi connectivity index (χ2v) is 8.81. The zero-order valence-corrected chi connectivity index (χ0v) is 20.3. The molecular formula is C31H23N5O2. The molecule has 0 aliphatic carbocycles. The summed E-state index contributed by atoms with van der Waals surface area (Å²) in [5.74, 6) is 1.05. The van der Waals surface area contributed by atoms with Gasteiger partial charge >= 0.3 is 0 Å². The van der Waals surface area contributed by atoms with Gasteiger partial charge in [-0.05, 0) is 53.6 Å². The molecule has 6 rings (SSSR count). The van der Waals surface area contributed by atoms with Gasteiger partial charge in [-0.2, -0.15) is 5.10 Å². The van der Waals surface area contributed by atoms with E-state index in [2.05, 4.69) is 37.6 Å². The van der Waals surface area contributed by atoms with Gasteiger partial charge in [0.15, 0.2) is 5.69 Å². The molecular weight excluding hydrogens is 474 g/mol. The van der Waals surface area contributed by atoms with Crippen LogP contribution in [0.4, 0.5) is 5.69 Å². The maximum atomic E-state index is 13.1. The van der Waals surface area contributed by atoms with E-state index in [0.29, 0.717) is 22.5 Å². The highest BCUT2D eigenvalue weighted by Crippen LogP contribution is 2.29. The molecule has 0 fully saturated rings. The fourth-order valence-electron chi connectivity index (χ4n) is 4.22. The molecule has 0 bridgehead atoms. The van der Waals surface area contributed by atoms with Crippen LogP contribution in [0.1, 0.15) is 21.7 Å². The third-order valence-electron chi connectivity index (χ3n) is 6.11. The predicted octanol–water partition coefficient (Wildman–Crippen LogP) is 6.66. The minimum absolute atomic E-state index is 0.305. The highest BCUT2D eigenvalue weighted by atomic mass is 16.5. The van der Waals surface area contributed by atoms with E-state index in [1.807, 2.05) is 84.9 Å². The first kappa shape index (κ1) is 23.1. The maximum absolute atomic E-state index is 13.1. The Hall–Kier alpha value is -5.30. The second kappa shape index (κ2) is 10.4. The number of carbonyl (C=O) groups excluding carboxylic acids is 1. The number of aromatic amines is 1. The zero-order valence-electron chi connectivity index (χ0n) is 20.3. The lowest BCUT2D eigenvalue weighted by Gasteiger charge is -2.08. The van der Waals surface area contributed by atoms with Crippen molar-refractivity contribution >= 4 is 22.5 Å². The number of anilines is 1. The molecule has 0 aliphatic heterocycles. The lowest BCUT2D eigenvalue weighted by molar-refractivity contribution is 0.102. The van der Waals surface area contributed by atoms with E-state index in [0.717, 1.165) is 34.5 Å². The first-order chi connectivity index (χ1) is 18.7. The fourth-order valence-corrected chi connectivity index (χ4v) is 4.22. The summed E-state index contributed by atoms with van der Waals surface area (Å²) in [6.45, 7) is 0. The number of H-pyrrole nitrogens is 1. The van der Waals surface area contributed by atoms with Gasteiger partial charge in [-0.1, -0.05) is 54.6 Å². The molecule has 0 radical (unpaired) electrons. The number of amides is 1. The van der Waals surface area contributed by atoms with Crippen molar-refractivity contribution in [3.63, 3.8) is 0 Å². The number of benzene rings is 3. The number of rotatable bonds is 7. The Balaban J connectivity index is 1.20. The van der Waals surface area contributed by atoms with E-state index in [-0.39, 0.29) is 5.91 Å². The van der Waals surface area contributed by atoms with Crippen molar-refractivity contribution in [3.8, 4) is 22.6 Å². The standard InChI is InChI=1S/C31H23N5O2/c37-31(34-25-13-12-24(33-19-25)15-21-7-3-1-4-8-21)30-28-17-22(11-14-29(28)35-36-30)23-16-27(20-32-18-23)38-26-9-5-2-6-10-26/h1-14,16-20H,15H2,(H,34,37)(H,35,36). The number of hydrogen-bond donors (Lipinski definition) is 2. The Bertz CT molecular complexity index is 1700. The number of nitrogens with zero attached hydrogens (tertiary/aromatic N) is 3. The molecule has 3 aromatic heterocycles. The number of hydrogen-bond acceptors (Lipinski definition) is 5. The van der Waals surface area contributed by atoms with Crippen LogP contribution in [0.15, 0.2) is 116 Å². The molecule has 0 saturated heterocycles. The summed E-state index contributed by atoms with van der Waals surface area (Å²) in [5.41, 5.74) is 5.55. The van der Waals surface area contributed by atoms with Crippen molar-refractivity contribution in [2.75, 3.05) is 5.32 Å². The second-order valence-electron chi connectivity index (χ2n) is 8.81. The van der Waals surface area contributed by atoms with Crippen LogP contribution in [-0.2, 0) is 6.42 Å². The molecule has 6 aromatic rings. The van der Waals surface area contributed by atoms with Gasteiger partial charge < -0.3 is 10.1 Å². The average Bonchev–Trinajstić information content (AvgIpc) is 3.39. The van der Waals surface area contributed by atoms with Gasteiger partial charge in [0, 0.05) is 29.3 Å². The fraction of sp³-hybridized carbons (Fsp3) is 0.0323. The topological polar surface area (TPSA) is 92.8 Å². The van der Waals surface area contributed by atoms with Crippen LogP contribution in [0.2, 0.25) is 0 Å². The quantitative estimate of drug-likeness (QED) is 0.257. The van der Waals surface area contributed by atoms with Gasteiger partial charge in [0.1, 0.15) is 11.5 Å². The van der Waals surface area contributed by atoms with Gasteiger partial charge in [-0.25, -0.2) is 0 Å². The largest absolute Gasteiger partial charge is 0.456 e. The molecule has 0 atom stereocenters. The monoisotopic (exact) mass is 497 g/mol. The normalized spacial score (nSPS) is 10.8. The van der Waals surface area contributed by atoms with Crippen molar-refractivity contribution in [2.24, 2.45) is 0 Å². The van der Waals surface area contributed by atoms with Crippen LogP contribution in [0.5, 0.6) is 11.5 Å². The molecule has 7 nitrogen and oxygen atoms in total. The third kappa shape index (κ3) is 5.12. The highest BCUT2D eigenvalue weighted by molar-refractivity contribution is 6.11. The predicted molar refractivity (Wildman–Crippen MR) is 147 cm³/mol. The summed E-state index contributed by atoms with van der Waals surface area (Å²) in [6.07, 6.45) is 5.83. The molecule has 1 amide bonds. The molecule has 0 unspecified atom stereocenters. The van der Waals surface area contributed by atoms with Gasteiger partial charge in [-0.15, -0.1) is 0 Å². The molecule has 2 N–H and O–H groups in total. The Morgan fingerprint density at radius 3 is 2.39 bits per heavy atom. The molecule has 0 aliphatic rings. The minimum Gasteiger partial charge on any atom is -0.456 e. The minimum atomic E-state index is -0.315. The number of pyridine rings is 2. The maximum Gasteiger partial charge on any atom is 0.276 e. The Labute approximate surface area is 219 Å². The Morgan fingerprint density at radius 1 is 0.789 bits per heavy atom. The van der Waals surface area contributed by atoms with Crippen molar-refractivity contribution < 1.29 is 9.53 Å². The molecule has 3 aromatic carbocycles. The van der Waals surface area contributed by atoms with Crippen LogP contribution < -0.4 is 10.1 Å². The summed E-state index contributed by atoms with van der Waals surface area (Å²) >= 11 is 0. The van der Waals surface area contributed by atoms with E-state index in [9.17, 15) is 4.79 Å². The lowest BCUT2D eigenvalue weighted by atomic mass is 10.0. The SMILES string of the molecule is O=C(Nc1ccc(Cc2ccccc2)nc1)c1n[nH]c2ccc(-c3cncc(Oc4ccccc4)c3)cc12. The van der Waals surface area contributed by atoms with E-state index < -0.39 is 0 Å². The number of carbonyl (C=O) groups is 1. The van der Waals surface area contributed by atoms with Crippen LogP contribution in [0.3, 0.4) is 0 Å². The smallest absolute Gasteiger partial charge is 0.276 e. The molecule has 3 heterocycles. The van der Waals surface area contributed by atoms with Crippen LogP contribution in [0.25, 0.3) is 22.0 Å². The molecule has 0 spiro atoms. The Morgan fingerprint density at radius 2 is 1.61 bits per heavy atom. The number of para-hydroxylation sites is 1. The Kier molecular flexibility index (Phi) is 6.30. The average molecular weight is 498 g/mol. The summed E-state index contributed by atoms with van der Waals surface area (Å²) in [7, 11) is 0. The van der Waals surface area contributed by atoms with Gasteiger partial charge in [0.05, 0.1) is 23.6 Å². The van der Waals surface area contributed by atoms with Crippen molar-refractivity contribution in [3.05, 3.63) is 133 Å². The van der Waals surface area contributed by atoms with Crippen molar-refractivity contribution in [2.45, 2.75) is 6.42 Å². The molecule has 7 heteroatoms. The number of nitrogens with one attached hydrogen (secondary N) is 2. The summed E-state index contributed by atoms with van der Waals surface area (Å²) < 4.78 is 5.93. The summed E-state index contributed by atoms with van der Waals surface area (Å²) in [6, 6.07) is 31.2. The summed E-state index contributed by atoms with van der Waals surface area (Å²) in [4.78, 5) is 22.0. The first-order valence-corrected chi connectivity index (χ1v) is 12.2. The first-order valence-electron chi connectivity index (χ1n) is 12.2. The third-order valence-corrected chi connectivity index (χ3v) is 6.11. The van der Waals surface area contributed by atoms with Gasteiger partial charge in [-0.3, -0.25) is 19.9 Å². The molecule has 184 valence electrons. The summed E-state index contributed by atoms with van der Waals surface area (Å²) in [5, 5.41) is 10.8. The zero-order chi connectivity index (χ0) is 25.7. The van der Waals surface area contributed by atoms with E-state index in [1.54, 1.807) is 18.6 Å². The van der Waals surface area contributed by atoms with Crippen molar-refractivity contribution in [1.82, 2.24) is 20.2 Å².